The molecule has 0 fully saturated rings. The van der Waals surface area contributed by atoms with Crippen LogP contribution in [-0.2, 0) is 11.3 Å². The predicted molar refractivity (Wildman–Crippen MR) is 94.5 cm³/mol. The van der Waals surface area contributed by atoms with Gasteiger partial charge in [-0.2, -0.15) is 0 Å². The molecule has 1 N–H and O–H groups in total. The zero-order valence-electron chi connectivity index (χ0n) is 12.8. The summed E-state index contributed by atoms with van der Waals surface area (Å²) >= 11 is 1.56. The molecule has 0 saturated carbocycles. The molecule has 0 aliphatic carbocycles. The van der Waals surface area contributed by atoms with Crippen LogP contribution in [0.5, 0.6) is 0 Å². The lowest BCUT2D eigenvalue weighted by molar-refractivity contribution is -0.118. The topological polar surface area (TPSA) is 46.9 Å². The Labute approximate surface area is 139 Å². The van der Waals surface area contributed by atoms with E-state index < -0.39 is 0 Å². The van der Waals surface area contributed by atoms with Crippen molar-refractivity contribution in [2.24, 2.45) is 0 Å². The lowest BCUT2D eigenvalue weighted by atomic mass is 10.3. The van der Waals surface area contributed by atoms with Crippen molar-refractivity contribution in [2.75, 3.05) is 12.3 Å². The van der Waals surface area contributed by atoms with Gasteiger partial charge in [-0.1, -0.05) is 30.3 Å². The van der Waals surface area contributed by atoms with Crippen LogP contribution in [-0.4, -0.2) is 27.8 Å². The smallest absolute Gasteiger partial charge is 0.230 e. The Kier molecular flexibility index (Phi) is 5.32. The molecule has 0 radical (unpaired) electrons. The Morgan fingerprint density at radius 1 is 1.09 bits per heavy atom. The normalized spacial score (nSPS) is 10.8. The molecule has 2 aromatic carbocycles. The Morgan fingerprint density at radius 3 is 2.74 bits per heavy atom. The number of nitrogens with one attached hydrogen (secondary N) is 1. The van der Waals surface area contributed by atoms with Crippen LogP contribution < -0.4 is 5.32 Å². The zero-order chi connectivity index (χ0) is 15.9. The van der Waals surface area contributed by atoms with E-state index >= 15 is 0 Å². The number of imidazole rings is 1. The van der Waals surface area contributed by atoms with Gasteiger partial charge in [0.25, 0.3) is 0 Å². The molecule has 1 aromatic heterocycles. The fourth-order valence-corrected chi connectivity index (χ4v) is 3.13. The van der Waals surface area contributed by atoms with Gasteiger partial charge < -0.3 is 9.88 Å². The second-order valence-corrected chi connectivity index (χ2v) is 6.28. The molecule has 5 heteroatoms. The number of hydrogen-bond acceptors (Lipinski definition) is 3. The van der Waals surface area contributed by atoms with Crippen molar-refractivity contribution in [1.29, 1.82) is 0 Å². The average Bonchev–Trinajstić information content (AvgIpc) is 3.01. The van der Waals surface area contributed by atoms with Gasteiger partial charge in [-0.05, 0) is 30.7 Å². The highest BCUT2D eigenvalue weighted by Gasteiger charge is 2.03. The van der Waals surface area contributed by atoms with Crippen LogP contribution >= 0.6 is 11.8 Å². The van der Waals surface area contributed by atoms with Crippen LogP contribution in [0.4, 0.5) is 0 Å². The minimum absolute atomic E-state index is 0.0781. The highest BCUT2D eigenvalue weighted by atomic mass is 32.2. The first-order valence-electron chi connectivity index (χ1n) is 7.67. The van der Waals surface area contributed by atoms with Gasteiger partial charge in [-0.3, -0.25) is 4.79 Å². The number of aromatic nitrogens is 2. The summed E-state index contributed by atoms with van der Waals surface area (Å²) < 4.78 is 2.13. The maximum absolute atomic E-state index is 11.8. The number of para-hydroxylation sites is 2. The molecule has 0 saturated heterocycles. The maximum atomic E-state index is 11.8. The molecule has 3 aromatic rings. The number of fused-ring (bicyclic) bond motifs is 1. The monoisotopic (exact) mass is 325 g/mol. The van der Waals surface area contributed by atoms with E-state index in [1.807, 2.05) is 54.9 Å². The van der Waals surface area contributed by atoms with Gasteiger partial charge in [-0.15, -0.1) is 11.8 Å². The Hall–Kier alpha value is -2.27. The molecule has 0 aliphatic rings. The molecule has 4 nitrogen and oxygen atoms in total. The van der Waals surface area contributed by atoms with Crippen molar-refractivity contribution in [3.63, 3.8) is 0 Å². The van der Waals surface area contributed by atoms with E-state index in [1.165, 1.54) is 0 Å². The number of thioether (sulfide) groups is 1. The second kappa shape index (κ2) is 7.83. The summed E-state index contributed by atoms with van der Waals surface area (Å²) in [7, 11) is 0. The van der Waals surface area contributed by atoms with Gasteiger partial charge >= 0.3 is 0 Å². The number of rotatable bonds is 7. The summed E-state index contributed by atoms with van der Waals surface area (Å²) in [6, 6.07) is 18.1. The highest BCUT2D eigenvalue weighted by Crippen LogP contribution is 2.16. The average molecular weight is 325 g/mol. The van der Waals surface area contributed by atoms with Crippen LogP contribution in [0.15, 0.2) is 65.8 Å². The largest absolute Gasteiger partial charge is 0.355 e. The number of carbonyl (C=O) groups is 1. The van der Waals surface area contributed by atoms with Crippen molar-refractivity contribution in [3.8, 4) is 0 Å². The first kappa shape index (κ1) is 15.6. The first-order valence-corrected chi connectivity index (χ1v) is 8.66. The van der Waals surface area contributed by atoms with E-state index in [9.17, 15) is 4.79 Å². The SMILES string of the molecule is O=C(CSc1ccccc1)NCCCn1cnc2ccccc21. The molecule has 118 valence electrons. The Balaban J connectivity index is 1.39. The van der Waals surface area contributed by atoms with Crippen LogP contribution in [0.2, 0.25) is 0 Å². The van der Waals surface area contributed by atoms with E-state index in [-0.39, 0.29) is 5.91 Å². The molecule has 0 unspecified atom stereocenters. The molecule has 1 amide bonds. The highest BCUT2D eigenvalue weighted by molar-refractivity contribution is 8.00. The van der Waals surface area contributed by atoms with Crippen molar-refractivity contribution in [3.05, 3.63) is 60.9 Å². The minimum Gasteiger partial charge on any atom is -0.355 e. The maximum Gasteiger partial charge on any atom is 0.230 e. The summed E-state index contributed by atoms with van der Waals surface area (Å²) in [5, 5.41) is 2.97. The van der Waals surface area contributed by atoms with Gasteiger partial charge in [0.05, 0.1) is 23.1 Å². The van der Waals surface area contributed by atoms with Crippen molar-refractivity contribution >= 4 is 28.7 Å². The second-order valence-electron chi connectivity index (χ2n) is 5.23. The first-order chi connectivity index (χ1) is 11.3. The molecule has 0 spiro atoms. The Bertz CT molecular complexity index is 770. The molecule has 0 aliphatic heterocycles. The number of nitrogens with zero attached hydrogens (tertiary/aromatic N) is 2. The van der Waals surface area contributed by atoms with E-state index in [0.717, 1.165) is 28.9 Å². The van der Waals surface area contributed by atoms with Crippen LogP contribution in [0.25, 0.3) is 11.0 Å². The predicted octanol–water partition coefficient (Wildman–Crippen LogP) is 3.33. The quantitative estimate of drug-likeness (QED) is 0.535. The molecule has 0 atom stereocenters. The van der Waals surface area contributed by atoms with Crippen LogP contribution in [0, 0.1) is 0 Å². The third-order valence-corrected chi connectivity index (χ3v) is 4.55. The lowest BCUT2D eigenvalue weighted by Crippen LogP contribution is -2.26. The summed E-state index contributed by atoms with van der Waals surface area (Å²) in [6.07, 6.45) is 2.75. The summed E-state index contributed by atoms with van der Waals surface area (Å²) in [4.78, 5) is 17.3. The number of amides is 1. The van der Waals surface area contributed by atoms with Crippen molar-refractivity contribution in [1.82, 2.24) is 14.9 Å². The lowest BCUT2D eigenvalue weighted by Gasteiger charge is -2.07. The molecule has 23 heavy (non-hydrogen) atoms. The molecule has 0 bridgehead atoms. The summed E-state index contributed by atoms with van der Waals surface area (Å²) in [6.45, 7) is 1.54. The molecular weight excluding hydrogens is 306 g/mol. The molecule has 1 heterocycles. The van der Waals surface area contributed by atoms with Crippen LogP contribution in [0.1, 0.15) is 6.42 Å². The van der Waals surface area contributed by atoms with E-state index in [4.69, 9.17) is 0 Å². The molecule has 3 rings (SSSR count). The fraction of sp³-hybridized carbons (Fsp3) is 0.222. The third-order valence-electron chi connectivity index (χ3n) is 3.54. The number of benzene rings is 2. The fourth-order valence-electron chi connectivity index (χ4n) is 2.38. The van der Waals surface area contributed by atoms with Crippen molar-refractivity contribution in [2.45, 2.75) is 17.9 Å². The zero-order valence-corrected chi connectivity index (χ0v) is 13.6. The van der Waals surface area contributed by atoms with E-state index in [1.54, 1.807) is 11.8 Å². The standard InChI is InChI=1S/C18H19N3OS/c22-18(13-23-15-7-2-1-3-8-15)19-11-6-12-21-14-20-16-9-4-5-10-17(16)21/h1-5,7-10,14H,6,11-13H2,(H,19,22). The van der Waals surface area contributed by atoms with E-state index in [0.29, 0.717) is 12.3 Å². The summed E-state index contributed by atoms with van der Waals surface area (Å²) in [5.41, 5.74) is 2.15. The minimum atomic E-state index is 0.0781. The van der Waals surface area contributed by atoms with Gasteiger partial charge in [0.2, 0.25) is 5.91 Å². The Morgan fingerprint density at radius 2 is 1.87 bits per heavy atom. The summed E-state index contributed by atoms with van der Waals surface area (Å²) in [5.74, 6) is 0.534. The van der Waals surface area contributed by atoms with Crippen molar-refractivity contribution < 1.29 is 4.79 Å². The van der Waals surface area contributed by atoms with Gasteiger partial charge in [0, 0.05) is 18.0 Å². The van der Waals surface area contributed by atoms with Crippen LogP contribution in [0.3, 0.4) is 0 Å². The number of aryl methyl sites for hydroxylation is 1. The van der Waals surface area contributed by atoms with Gasteiger partial charge in [0.15, 0.2) is 0 Å². The number of hydrogen-bond donors (Lipinski definition) is 1. The van der Waals surface area contributed by atoms with Gasteiger partial charge in [-0.25, -0.2) is 4.98 Å². The van der Waals surface area contributed by atoms with E-state index in [2.05, 4.69) is 20.9 Å². The van der Waals surface area contributed by atoms with Gasteiger partial charge in [0.1, 0.15) is 0 Å². The third kappa shape index (κ3) is 4.36. The number of carbonyl (C=O) groups excluding carboxylic acids is 1. The molecular formula is C18H19N3OS.